The van der Waals surface area contributed by atoms with Crippen LogP contribution in [0.1, 0.15) is 62.0 Å². The highest BCUT2D eigenvalue weighted by Crippen LogP contribution is 2.38. The van der Waals surface area contributed by atoms with Crippen molar-refractivity contribution in [2.24, 2.45) is 5.92 Å². The number of sulfonamides is 1. The normalized spacial score (nSPS) is 21.2. The van der Waals surface area contributed by atoms with Crippen LogP contribution < -0.4 is 15.4 Å². The Morgan fingerprint density at radius 2 is 1.97 bits per heavy atom. The first-order chi connectivity index (χ1) is 15.6. The lowest BCUT2D eigenvalue weighted by Crippen LogP contribution is -2.41. The van der Waals surface area contributed by atoms with Gasteiger partial charge in [0, 0.05) is 43.1 Å². The maximum Gasteiger partial charge on any atom is 0.268 e. The Labute approximate surface area is 194 Å². The lowest BCUT2D eigenvalue weighted by molar-refractivity contribution is 0.0844. The first kappa shape index (κ1) is 23.4. The zero-order chi connectivity index (χ0) is 23.8. The molecule has 4 rings (SSSR count). The summed E-state index contributed by atoms with van der Waals surface area (Å²) >= 11 is 0. The fourth-order valence-electron chi connectivity index (χ4n) is 4.89. The summed E-state index contributed by atoms with van der Waals surface area (Å²) in [6.07, 6.45) is 4.07. The van der Waals surface area contributed by atoms with Gasteiger partial charge in [-0.15, -0.1) is 0 Å². The number of carbonyl (C=O) groups is 1. The number of aromatic nitrogens is 2. The molecule has 33 heavy (non-hydrogen) atoms. The number of nitrogens with two attached hydrogens (primary N) is 1. The number of hydrogen-bond acceptors (Lipinski definition) is 8. The molecule has 178 valence electrons. The Kier molecular flexibility index (Phi) is 6.32. The van der Waals surface area contributed by atoms with E-state index in [4.69, 9.17) is 15.5 Å². The van der Waals surface area contributed by atoms with Crippen molar-refractivity contribution in [1.29, 1.82) is 0 Å². The lowest BCUT2D eigenvalue weighted by atomic mass is 9.95. The Hall–Kier alpha value is -2.72. The van der Waals surface area contributed by atoms with Crippen molar-refractivity contribution in [2.75, 3.05) is 30.4 Å². The average Bonchev–Trinajstić information content (AvgIpc) is 3.05. The maximum atomic E-state index is 13.3. The van der Waals surface area contributed by atoms with Crippen molar-refractivity contribution >= 4 is 27.6 Å². The highest BCUT2D eigenvalue weighted by Gasteiger charge is 2.39. The Balaban J connectivity index is 1.72. The fourth-order valence-corrected chi connectivity index (χ4v) is 5.94. The topological polar surface area (TPSA) is 128 Å². The molecule has 0 saturated carbocycles. The van der Waals surface area contributed by atoms with Crippen LogP contribution in [0.15, 0.2) is 35.4 Å². The number of hydrogen-bond donors (Lipinski definition) is 2. The number of carbonyl (C=O) groups excluding carboxylic acids is 1. The van der Waals surface area contributed by atoms with E-state index >= 15 is 0 Å². The molecule has 2 aliphatic heterocycles. The van der Waals surface area contributed by atoms with Crippen LogP contribution in [0.2, 0.25) is 0 Å². The Morgan fingerprint density at radius 1 is 1.24 bits per heavy atom. The van der Waals surface area contributed by atoms with Gasteiger partial charge in [-0.25, -0.2) is 23.1 Å². The molecule has 2 aromatic heterocycles. The molecule has 4 heterocycles. The molecule has 0 unspecified atom stereocenters. The zero-order valence-electron chi connectivity index (χ0n) is 19.2. The van der Waals surface area contributed by atoms with Gasteiger partial charge in [-0.3, -0.25) is 4.79 Å². The third-order valence-electron chi connectivity index (χ3n) is 6.43. The number of nitrogens with one attached hydrogen (secondary N) is 1. The molecule has 2 aliphatic rings. The third-order valence-corrected chi connectivity index (χ3v) is 7.80. The van der Waals surface area contributed by atoms with Crippen LogP contribution in [0.25, 0.3) is 0 Å². The highest BCUT2D eigenvalue weighted by atomic mass is 32.2. The zero-order valence-corrected chi connectivity index (χ0v) is 20.1. The molecule has 0 spiro atoms. The van der Waals surface area contributed by atoms with Gasteiger partial charge >= 0.3 is 0 Å². The second-order valence-electron chi connectivity index (χ2n) is 9.55. The van der Waals surface area contributed by atoms with E-state index in [2.05, 4.69) is 35.4 Å². The van der Waals surface area contributed by atoms with E-state index in [0.717, 1.165) is 31.5 Å². The number of nitrogen functional groups attached to an aromatic ring is 1. The summed E-state index contributed by atoms with van der Waals surface area (Å²) in [7, 11) is -4.20. The quantitative estimate of drug-likeness (QED) is 0.678. The number of nitrogens with zero attached hydrogens (tertiary/aromatic N) is 3. The minimum atomic E-state index is -4.20. The maximum absolute atomic E-state index is 13.3. The fraction of sp³-hybridized carbons (Fsp3) is 0.522. The van der Waals surface area contributed by atoms with Gasteiger partial charge in [-0.2, -0.15) is 0 Å². The predicted molar refractivity (Wildman–Crippen MR) is 126 cm³/mol. The third kappa shape index (κ3) is 4.81. The summed E-state index contributed by atoms with van der Waals surface area (Å²) in [6.45, 7) is 8.50. The van der Waals surface area contributed by atoms with Crippen molar-refractivity contribution in [3.8, 4) is 0 Å². The molecule has 1 atom stereocenters. The van der Waals surface area contributed by atoms with Crippen molar-refractivity contribution in [3.05, 3.63) is 41.7 Å². The average molecular weight is 474 g/mol. The molecule has 2 saturated heterocycles. The van der Waals surface area contributed by atoms with Crippen molar-refractivity contribution in [2.45, 2.75) is 56.4 Å². The van der Waals surface area contributed by atoms with E-state index in [-0.39, 0.29) is 27.7 Å². The van der Waals surface area contributed by atoms with Crippen molar-refractivity contribution in [3.63, 3.8) is 0 Å². The molecule has 3 N–H and O–H groups in total. The standard InChI is InChI=1S/C23H31N5O4S/c1-15-13-23(2,3)28(14-15)21-17(6-7-18(26-21)16-8-11-32-12-9-16)22(29)27-33(30,31)19-5-4-10-25-20(19)24/h4-7,10,15-16H,8-9,11-14H2,1-3H3,(H2,24,25)(H,27,29)/t15-/m0/s1. The summed E-state index contributed by atoms with van der Waals surface area (Å²) in [5.74, 6) is 0.274. The van der Waals surface area contributed by atoms with Crippen LogP contribution in [0.5, 0.6) is 0 Å². The van der Waals surface area contributed by atoms with Crippen LogP contribution in [0.4, 0.5) is 11.6 Å². The van der Waals surface area contributed by atoms with Gasteiger partial charge in [0.1, 0.15) is 16.5 Å². The highest BCUT2D eigenvalue weighted by molar-refractivity contribution is 7.90. The lowest BCUT2D eigenvalue weighted by Gasteiger charge is -2.34. The van der Waals surface area contributed by atoms with E-state index in [1.807, 2.05) is 6.07 Å². The van der Waals surface area contributed by atoms with Gasteiger partial charge in [0.25, 0.3) is 15.9 Å². The summed E-state index contributed by atoms with van der Waals surface area (Å²) in [4.78, 5) is 23.9. The molecule has 2 fully saturated rings. The Bertz CT molecular complexity index is 1150. The van der Waals surface area contributed by atoms with E-state index in [1.165, 1.54) is 18.3 Å². The minimum absolute atomic E-state index is 0.166. The van der Waals surface area contributed by atoms with Gasteiger partial charge in [0.2, 0.25) is 0 Å². The van der Waals surface area contributed by atoms with E-state index in [0.29, 0.717) is 24.9 Å². The first-order valence-corrected chi connectivity index (χ1v) is 12.7. The van der Waals surface area contributed by atoms with Crippen LogP contribution in [0, 0.1) is 5.92 Å². The smallest absolute Gasteiger partial charge is 0.268 e. The number of ether oxygens (including phenoxy) is 1. The van der Waals surface area contributed by atoms with Gasteiger partial charge in [-0.1, -0.05) is 6.92 Å². The molecular formula is C23H31N5O4S. The van der Waals surface area contributed by atoms with E-state index in [9.17, 15) is 13.2 Å². The van der Waals surface area contributed by atoms with Gasteiger partial charge in [0.05, 0.1) is 5.56 Å². The number of pyridine rings is 2. The second-order valence-corrected chi connectivity index (χ2v) is 11.2. The molecule has 0 aromatic carbocycles. The number of anilines is 2. The molecule has 0 aliphatic carbocycles. The largest absolute Gasteiger partial charge is 0.383 e. The second kappa shape index (κ2) is 8.90. The van der Waals surface area contributed by atoms with E-state index in [1.54, 1.807) is 6.07 Å². The molecule has 10 heteroatoms. The molecule has 9 nitrogen and oxygen atoms in total. The van der Waals surface area contributed by atoms with Crippen LogP contribution in [0.3, 0.4) is 0 Å². The molecule has 0 bridgehead atoms. The number of amides is 1. The van der Waals surface area contributed by atoms with Gasteiger partial charge < -0.3 is 15.4 Å². The predicted octanol–water partition coefficient (Wildman–Crippen LogP) is 2.70. The van der Waals surface area contributed by atoms with Crippen LogP contribution in [-0.4, -0.2) is 49.6 Å². The SMILES string of the molecule is C[C@@H]1CN(c2nc(C3CCOCC3)ccc2C(=O)NS(=O)(=O)c2cccnc2N)C(C)(C)C1. The summed E-state index contributed by atoms with van der Waals surface area (Å²) in [5.41, 5.74) is 6.64. The van der Waals surface area contributed by atoms with Crippen LogP contribution in [-0.2, 0) is 14.8 Å². The van der Waals surface area contributed by atoms with E-state index < -0.39 is 15.9 Å². The molecule has 0 radical (unpaired) electrons. The van der Waals surface area contributed by atoms with Gasteiger partial charge in [-0.05, 0) is 63.3 Å². The molecule has 1 amide bonds. The number of rotatable bonds is 5. The molecular weight excluding hydrogens is 442 g/mol. The summed E-state index contributed by atoms with van der Waals surface area (Å²) in [6, 6.07) is 6.28. The summed E-state index contributed by atoms with van der Waals surface area (Å²) in [5, 5.41) is 0. The summed E-state index contributed by atoms with van der Waals surface area (Å²) < 4.78 is 33.4. The first-order valence-electron chi connectivity index (χ1n) is 11.2. The molecule has 2 aromatic rings. The van der Waals surface area contributed by atoms with Crippen molar-refractivity contribution < 1.29 is 17.9 Å². The van der Waals surface area contributed by atoms with Crippen LogP contribution >= 0.6 is 0 Å². The minimum Gasteiger partial charge on any atom is -0.383 e. The van der Waals surface area contributed by atoms with Gasteiger partial charge in [0.15, 0.2) is 0 Å². The Morgan fingerprint density at radius 3 is 2.61 bits per heavy atom. The van der Waals surface area contributed by atoms with Crippen molar-refractivity contribution in [1.82, 2.24) is 14.7 Å². The monoisotopic (exact) mass is 473 g/mol.